The SMILES string of the molecule is O=C(CSc1ncccn1)NCC1Cc2cc(-c3cncnc3)ccc2O1. The van der Waals surface area contributed by atoms with Crippen molar-refractivity contribution in [2.75, 3.05) is 12.3 Å². The Kier molecular flexibility index (Phi) is 5.24. The molecular formula is C19H17N5O2S. The van der Waals surface area contributed by atoms with Gasteiger partial charge in [-0.3, -0.25) is 4.79 Å². The van der Waals surface area contributed by atoms with E-state index in [1.165, 1.54) is 18.1 Å². The van der Waals surface area contributed by atoms with Gasteiger partial charge in [-0.1, -0.05) is 17.8 Å². The van der Waals surface area contributed by atoms with Crippen molar-refractivity contribution in [1.82, 2.24) is 25.3 Å². The molecule has 1 aromatic carbocycles. The van der Waals surface area contributed by atoms with E-state index in [2.05, 4.69) is 31.3 Å². The summed E-state index contributed by atoms with van der Waals surface area (Å²) in [4.78, 5) is 28.3. The van der Waals surface area contributed by atoms with Crippen molar-refractivity contribution in [1.29, 1.82) is 0 Å². The third-order valence-corrected chi connectivity index (χ3v) is 4.97. The molecule has 1 aliphatic heterocycles. The molecule has 1 aliphatic rings. The highest BCUT2D eigenvalue weighted by Crippen LogP contribution is 2.32. The van der Waals surface area contributed by atoms with Gasteiger partial charge < -0.3 is 10.1 Å². The van der Waals surface area contributed by atoms with Gasteiger partial charge in [0.25, 0.3) is 0 Å². The first-order chi connectivity index (χ1) is 13.3. The number of nitrogens with one attached hydrogen (secondary N) is 1. The number of amides is 1. The Labute approximate surface area is 160 Å². The number of fused-ring (bicyclic) bond motifs is 1. The average molecular weight is 379 g/mol. The summed E-state index contributed by atoms with van der Waals surface area (Å²) in [7, 11) is 0. The molecule has 3 heterocycles. The van der Waals surface area contributed by atoms with E-state index in [0.29, 0.717) is 11.7 Å². The van der Waals surface area contributed by atoms with E-state index in [-0.39, 0.29) is 17.8 Å². The third-order valence-electron chi connectivity index (χ3n) is 4.10. The van der Waals surface area contributed by atoms with Crippen LogP contribution in [-0.4, -0.2) is 44.2 Å². The highest BCUT2D eigenvalue weighted by molar-refractivity contribution is 7.99. The summed E-state index contributed by atoms with van der Waals surface area (Å²) in [5, 5.41) is 3.51. The number of nitrogens with zero attached hydrogens (tertiary/aromatic N) is 4. The Morgan fingerprint density at radius 2 is 2.00 bits per heavy atom. The van der Waals surface area contributed by atoms with Crippen LogP contribution in [0.15, 0.2) is 60.5 Å². The fourth-order valence-corrected chi connectivity index (χ4v) is 3.46. The first kappa shape index (κ1) is 17.4. The number of aromatic nitrogens is 4. The van der Waals surface area contributed by atoms with Gasteiger partial charge in [-0.15, -0.1) is 0 Å². The van der Waals surface area contributed by atoms with Gasteiger partial charge >= 0.3 is 0 Å². The first-order valence-electron chi connectivity index (χ1n) is 8.49. The number of carbonyl (C=O) groups excluding carboxylic acids is 1. The summed E-state index contributed by atoms with van der Waals surface area (Å²) in [6, 6.07) is 7.80. The first-order valence-corrected chi connectivity index (χ1v) is 9.48. The molecule has 0 aliphatic carbocycles. The van der Waals surface area contributed by atoms with Crippen molar-refractivity contribution >= 4 is 17.7 Å². The summed E-state index contributed by atoms with van der Waals surface area (Å²) >= 11 is 1.31. The lowest BCUT2D eigenvalue weighted by atomic mass is 10.0. The second kappa shape index (κ2) is 8.13. The zero-order valence-electron chi connectivity index (χ0n) is 14.4. The monoisotopic (exact) mass is 379 g/mol. The van der Waals surface area contributed by atoms with Crippen LogP contribution >= 0.6 is 11.8 Å². The van der Waals surface area contributed by atoms with Crippen LogP contribution in [0.3, 0.4) is 0 Å². The topological polar surface area (TPSA) is 89.9 Å². The molecule has 1 amide bonds. The minimum Gasteiger partial charge on any atom is -0.488 e. The highest BCUT2D eigenvalue weighted by atomic mass is 32.2. The number of rotatable bonds is 6. The Morgan fingerprint density at radius 3 is 2.81 bits per heavy atom. The molecule has 1 unspecified atom stereocenters. The van der Waals surface area contributed by atoms with Gasteiger partial charge in [0.15, 0.2) is 5.16 Å². The Morgan fingerprint density at radius 1 is 1.19 bits per heavy atom. The number of hydrogen-bond acceptors (Lipinski definition) is 7. The van der Waals surface area contributed by atoms with Crippen molar-refractivity contribution in [2.45, 2.75) is 17.7 Å². The fraction of sp³-hybridized carbons (Fsp3) is 0.211. The van der Waals surface area contributed by atoms with E-state index in [0.717, 1.165) is 28.9 Å². The van der Waals surface area contributed by atoms with E-state index < -0.39 is 0 Å². The number of ether oxygens (including phenoxy) is 1. The Bertz CT molecular complexity index is 924. The number of benzene rings is 1. The van der Waals surface area contributed by atoms with Crippen molar-refractivity contribution in [2.24, 2.45) is 0 Å². The van der Waals surface area contributed by atoms with Gasteiger partial charge in [0.2, 0.25) is 5.91 Å². The largest absolute Gasteiger partial charge is 0.488 e. The minimum atomic E-state index is -0.0656. The number of carbonyl (C=O) groups is 1. The second-order valence-corrected chi connectivity index (χ2v) is 6.96. The minimum absolute atomic E-state index is 0.0610. The van der Waals surface area contributed by atoms with Crippen LogP contribution in [0, 0.1) is 0 Å². The molecule has 4 rings (SSSR count). The van der Waals surface area contributed by atoms with Crippen LogP contribution in [0.1, 0.15) is 5.56 Å². The third kappa shape index (κ3) is 4.40. The quantitative estimate of drug-likeness (QED) is 0.518. The maximum atomic E-state index is 12.0. The predicted octanol–water partition coefficient (Wildman–Crippen LogP) is 2.15. The molecule has 3 aromatic rings. The molecule has 0 bridgehead atoms. The van der Waals surface area contributed by atoms with Crippen molar-refractivity contribution < 1.29 is 9.53 Å². The van der Waals surface area contributed by atoms with Crippen LogP contribution in [0.5, 0.6) is 5.75 Å². The van der Waals surface area contributed by atoms with Crippen LogP contribution in [0.4, 0.5) is 0 Å². The van der Waals surface area contributed by atoms with E-state index in [9.17, 15) is 4.79 Å². The number of thioether (sulfide) groups is 1. The molecule has 7 nitrogen and oxygen atoms in total. The molecule has 0 saturated carbocycles. The van der Waals surface area contributed by atoms with Crippen LogP contribution in [0.2, 0.25) is 0 Å². The van der Waals surface area contributed by atoms with Crippen LogP contribution < -0.4 is 10.1 Å². The molecular weight excluding hydrogens is 362 g/mol. The number of hydrogen-bond donors (Lipinski definition) is 1. The van der Waals surface area contributed by atoms with Gasteiger partial charge in [0, 0.05) is 36.8 Å². The second-order valence-electron chi connectivity index (χ2n) is 6.02. The smallest absolute Gasteiger partial charge is 0.230 e. The lowest BCUT2D eigenvalue weighted by Crippen LogP contribution is -2.35. The lowest BCUT2D eigenvalue weighted by molar-refractivity contribution is -0.118. The zero-order chi connectivity index (χ0) is 18.5. The lowest BCUT2D eigenvalue weighted by Gasteiger charge is -2.11. The van der Waals surface area contributed by atoms with Crippen molar-refractivity contribution in [3.05, 3.63) is 60.9 Å². The molecule has 1 N–H and O–H groups in total. The van der Waals surface area contributed by atoms with Crippen LogP contribution in [-0.2, 0) is 11.2 Å². The maximum Gasteiger partial charge on any atom is 0.230 e. The molecule has 27 heavy (non-hydrogen) atoms. The van der Waals surface area contributed by atoms with Gasteiger partial charge in [-0.25, -0.2) is 19.9 Å². The molecule has 0 fully saturated rings. The maximum absolute atomic E-state index is 12.0. The van der Waals surface area contributed by atoms with Crippen molar-refractivity contribution in [3.8, 4) is 16.9 Å². The molecule has 1 atom stereocenters. The summed E-state index contributed by atoms with van der Waals surface area (Å²) < 4.78 is 5.93. The summed E-state index contributed by atoms with van der Waals surface area (Å²) in [6.07, 6.45) is 9.10. The summed E-state index contributed by atoms with van der Waals surface area (Å²) in [5.74, 6) is 1.08. The summed E-state index contributed by atoms with van der Waals surface area (Å²) in [5.41, 5.74) is 3.15. The molecule has 136 valence electrons. The fourth-order valence-electron chi connectivity index (χ4n) is 2.83. The molecule has 8 heteroatoms. The molecule has 0 spiro atoms. The Hall–Kier alpha value is -3.00. The molecule has 2 aromatic heterocycles. The van der Waals surface area contributed by atoms with Crippen LogP contribution in [0.25, 0.3) is 11.1 Å². The van der Waals surface area contributed by atoms with Gasteiger partial charge in [0.05, 0.1) is 12.3 Å². The summed E-state index contributed by atoms with van der Waals surface area (Å²) in [6.45, 7) is 0.466. The zero-order valence-corrected chi connectivity index (χ0v) is 15.2. The van der Waals surface area contributed by atoms with Gasteiger partial charge in [-0.2, -0.15) is 0 Å². The van der Waals surface area contributed by atoms with E-state index in [1.54, 1.807) is 30.9 Å². The Balaban J connectivity index is 1.29. The normalized spacial score (nSPS) is 15.0. The predicted molar refractivity (Wildman–Crippen MR) is 101 cm³/mol. The van der Waals surface area contributed by atoms with Gasteiger partial charge in [-0.05, 0) is 29.3 Å². The van der Waals surface area contributed by atoms with Gasteiger partial charge in [0.1, 0.15) is 18.2 Å². The highest BCUT2D eigenvalue weighted by Gasteiger charge is 2.23. The average Bonchev–Trinajstić information content (AvgIpc) is 3.14. The van der Waals surface area contributed by atoms with Crippen molar-refractivity contribution in [3.63, 3.8) is 0 Å². The van der Waals surface area contributed by atoms with E-state index in [4.69, 9.17) is 4.74 Å². The molecule has 0 saturated heterocycles. The standard InChI is InChI=1S/C19H17N5O2S/c25-18(11-27-19-22-4-1-5-23-19)24-10-16-7-14-6-13(2-3-17(14)26-16)15-8-20-12-21-9-15/h1-6,8-9,12,16H,7,10-11H2,(H,24,25). The van der Waals surface area contributed by atoms with E-state index in [1.807, 2.05) is 12.1 Å². The van der Waals surface area contributed by atoms with E-state index >= 15 is 0 Å². The molecule has 0 radical (unpaired) electrons.